The van der Waals surface area contributed by atoms with Gasteiger partial charge in [-0.2, -0.15) is 0 Å². The van der Waals surface area contributed by atoms with Crippen molar-refractivity contribution in [2.75, 3.05) is 24.7 Å². The number of aryl methyl sites for hydroxylation is 5. The van der Waals surface area contributed by atoms with Crippen LogP contribution in [0.1, 0.15) is 203 Å². The van der Waals surface area contributed by atoms with Crippen molar-refractivity contribution in [3.8, 4) is 0 Å². The number of carbonyl (C=O) groups excluding carboxylic acids is 18. The molecule has 25 nitrogen and oxygen atoms in total. The van der Waals surface area contributed by atoms with Crippen molar-refractivity contribution in [1.82, 2.24) is 19.6 Å². The summed E-state index contributed by atoms with van der Waals surface area (Å²) in [5.74, 6) is -18.8. The molecule has 28 unspecified atom stereocenters. The molecule has 0 spiro atoms. The Morgan fingerprint density at radius 1 is 0.500 bits per heavy atom. The fraction of sp³-hybridized carbons (Fsp3) is 0.543. The average Bonchev–Trinajstić information content (AvgIpc) is 1.52. The summed E-state index contributed by atoms with van der Waals surface area (Å²) in [6, 6.07) is 28.6. The Labute approximate surface area is 761 Å². The molecule has 4 aromatic carbocycles. The monoisotopic (exact) mass is 1780 g/mol. The van der Waals surface area contributed by atoms with Gasteiger partial charge < -0.3 is 9.47 Å². The summed E-state index contributed by atoms with van der Waals surface area (Å²) >= 11 is 0. The van der Waals surface area contributed by atoms with E-state index < -0.39 is 160 Å². The lowest BCUT2D eigenvalue weighted by Gasteiger charge is -2.43. The highest BCUT2D eigenvalue weighted by molar-refractivity contribution is 6.24. The van der Waals surface area contributed by atoms with Crippen LogP contribution < -0.4 is 4.90 Å². The summed E-state index contributed by atoms with van der Waals surface area (Å²) in [7, 11) is 0. The first-order valence-electron chi connectivity index (χ1n) is 46.6. The van der Waals surface area contributed by atoms with Gasteiger partial charge in [-0.05, 0) is 191 Å². The Morgan fingerprint density at radius 3 is 1.52 bits per heavy atom. The molecule has 25 heteroatoms. The highest BCUT2D eigenvalue weighted by Gasteiger charge is 2.75. The number of hydrogen-bond acceptors (Lipinski definition) is 20. The van der Waals surface area contributed by atoms with Crippen LogP contribution in [-0.2, 0) is 95.8 Å². The minimum Gasteiger partial charge on any atom is -0.378 e. The quantitative estimate of drug-likeness (QED) is 0.0272. The van der Waals surface area contributed by atoms with Crippen LogP contribution >= 0.6 is 0 Å². The van der Waals surface area contributed by atoms with Crippen molar-refractivity contribution in [3.63, 3.8) is 0 Å². The molecule has 130 heavy (non-hydrogen) atoms. The van der Waals surface area contributed by atoms with Gasteiger partial charge in [-0.1, -0.05) is 187 Å². The van der Waals surface area contributed by atoms with Crippen molar-refractivity contribution in [2.45, 2.75) is 199 Å². The first-order valence-corrected chi connectivity index (χ1v) is 46.6. The third-order valence-electron chi connectivity index (χ3n) is 31.0. The molecule has 0 N–H and O–H groups in total. The third-order valence-corrected chi connectivity index (χ3v) is 31.0. The molecule has 12 aliphatic rings. The molecule has 14 amide bonds. The van der Waals surface area contributed by atoms with E-state index in [2.05, 4.69) is 45.6 Å². The summed E-state index contributed by atoms with van der Waals surface area (Å²) in [5.41, 5.74) is 7.81. The standard InChI is InChI=1S/C38H39NO7.C31H38N2O7.C20H29NO3.C16H19NO3/c1-15-7-10-21(11-8-15)27-33(41)18(4)25(35(27)43)28-23-14-24(31-30(23)37(45)39(20(6)40)38(31)46)29(28)26-19(5)34(42)32(36(26)44)22-12-9-16(2)13-17(22)3;1-14-6-7-23(16(3)8-14)33-28(35)17(4)24(29(33)36)25-20(9-15(2)11-39-12-19-13-40-19)21-10-22(25)27-26(21)30(37)32(18(5)34)31(27)38;1-5-8-9-10-11-17(13-12-16(6-2)7-3)18-14-19(23)21(15(4)22)20(18)24;1-10(13-7-5-4-6-8-13)9-14-11(2)15(19)17(12(3)18)16(14)20/h7-13,18-19,23-32H,14H2,1-6H3;6-8,15,17,19-22,24-27H,9-13H2,1-5H3;6,8-9,12-13,16-18H,2,5,7,10-11,14H2,1,3-4H3;4-8,10-11,14H,9H2,1-3H3/b;;9-8+,13-12+;. The van der Waals surface area contributed by atoms with Crippen molar-refractivity contribution in [3.05, 3.63) is 172 Å². The predicted octanol–water partition coefficient (Wildman–Crippen LogP) is 13.6. The van der Waals surface area contributed by atoms with Gasteiger partial charge in [0.15, 0.2) is 23.1 Å². The SMILES string of the molecule is C=CC(/C=C/C(CC/C=C/CC)C1CC(=O)N(C(C)=O)C1=O)CC.CC(=O)N1C(=O)C(C)C(CC(C)c2ccccc2)C1=O.CC(=O)N1C(=O)C2C3CC(C2C1=O)C(C1C(=O)C(c2ccc(C)cc2C)C(=O)C1C)C3C1C(=O)C(c2ccc(C)cc2)C(=O)C1C.CC(=O)N1C(=O)C2C3CC(C2C1=O)C(C1C(=O)N(c2ccc(C)cc2C)C(=O)C1C)C3CC(C)COCC1CO1. The van der Waals surface area contributed by atoms with Crippen LogP contribution in [0.3, 0.4) is 0 Å². The number of allylic oxidation sites excluding steroid dienone is 5. The zero-order valence-electron chi connectivity index (χ0n) is 77.8. The van der Waals surface area contributed by atoms with Gasteiger partial charge in [0, 0.05) is 76.2 Å². The van der Waals surface area contributed by atoms with Crippen molar-refractivity contribution >= 4 is 112 Å². The fourth-order valence-corrected chi connectivity index (χ4v) is 24.9. The molecule has 0 radical (unpaired) electrons. The fourth-order valence-electron chi connectivity index (χ4n) is 24.9. The van der Waals surface area contributed by atoms with Crippen molar-refractivity contribution < 1.29 is 95.8 Å². The molecule has 6 aliphatic carbocycles. The lowest BCUT2D eigenvalue weighted by molar-refractivity contribution is -0.152. The molecule has 6 heterocycles. The Bertz CT molecular complexity index is 5330. The van der Waals surface area contributed by atoms with Crippen LogP contribution in [0.5, 0.6) is 0 Å². The summed E-state index contributed by atoms with van der Waals surface area (Å²) in [4.78, 5) is 240. The number of anilines is 1. The molecule has 16 rings (SSSR count). The van der Waals surface area contributed by atoms with Crippen LogP contribution in [0.15, 0.2) is 128 Å². The number of epoxide rings is 1. The van der Waals surface area contributed by atoms with Gasteiger partial charge in [-0.25, -0.2) is 24.5 Å². The largest absolute Gasteiger partial charge is 0.378 e. The molecule has 6 saturated heterocycles. The number of amides is 14. The van der Waals surface area contributed by atoms with Crippen LogP contribution in [-0.4, -0.2) is 151 Å². The summed E-state index contributed by atoms with van der Waals surface area (Å²) in [5, 5.41) is 0. The Hall–Kier alpha value is -10.9. The van der Waals surface area contributed by atoms with E-state index in [0.29, 0.717) is 49.3 Å². The van der Waals surface area contributed by atoms with Crippen molar-refractivity contribution in [1.29, 1.82) is 0 Å². The second kappa shape index (κ2) is 39.2. The lowest BCUT2D eigenvalue weighted by atomic mass is 9.58. The molecule has 12 fully saturated rings. The number of likely N-dealkylation sites (tertiary alicyclic amines) is 4. The molecule has 4 aromatic rings. The molecule has 0 aromatic heterocycles. The summed E-state index contributed by atoms with van der Waals surface area (Å²) in [6.45, 7) is 35.6. The van der Waals surface area contributed by atoms with E-state index in [1.54, 1.807) is 32.9 Å². The lowest BCUT2D eigenvalue weighted by Crippen LogP contribution is -2.47. The van der Waals surface area contributed by atoms with E-state index in [0.717, 1.165) is 91.7 Å². The smallest absolute Gasteiger partial charge is 0.240 e. The predicted molar refractivity (Wildman–Crippen MR) is 480 cm³/mol. The van der Waals surface area contributed by atoms with Gasteiger partial charge in [0.25, 0.3) is 0 Å². The van der Waals surface area contributed by atoms with E-state index >= 15 is 0 Å². The second-order valence-corrected chi connectivity index (χ2v) is 39.2. The molecule has 6 saturated carbocycles. The Balaban J connectivity index is 0.000000156. The highest BCUT2D eigenvalue weighted by atomic mass is 16.6. The summed E-state index contributed by atoms with van der Waals surface area (Å²) < 4.78 is 11.1. The van der Waals surface area contributed by atoms with Gasteiger partial charge in [-0.15, -0.1) is 6.58 Å². The molecule has 28 atom stereocenters. The van der Waals surface area contributed by atoms with E-state index in [1.165, 1.54) is 32.6 Å². The maximum absolute atomic E-state index is 14.6. The highest BCUT2D eigenvalue weighted by Crippen LogP contribution is 2.69. The Morgan fingerprint density at radius 2 is 1.01 bits per heavy atom. The summed E-state index contributed by atoms with van der Waals surface area (Å²) in [6.07, 6.45) is 16.4. The number of rotatable bonds is 24. The van der Waals surface area contributed by atoms with E-state index in [-0.39, 0.29) is 118 Å². The molecular weight excluding hydrogens is 1650 g/mol. The number of hydrogen-bond donors (Lipinski definition) is 0. The number of imide groups is 13. The number of ketones is 4. The van der Waals surface area contributed by atoms with Crippen molar-refractivity contribution in [2.24, 2.45) is 142 Å². The van der Waals surface area contributed by atoms with E-state index in [4.69, 9.17) is 9.47 Å². The minimum absolute atomic E-state index is 0.0334. The zero-order chi connectivity index (χ0) is 94.7. The van der Waals surface area contributed by atoms with Gasteiger partial charge in [0.1, 0.15) is 17.9 Å². The van der Waals surface area contributed by atoms with Crippen LogP contribution in [0.4, 0.5) is 5.69 Å². The van der Waals surface area contributed by atoms with Gasteiger partial charge in [0.2, 0.25) is 82.7 Å². The third kappa shape index (κ3) is 17.9. The van der Waals surface area contributed by atoms with Crippen LogP contribution in [0.2, 0.25) is 0 Å². The maximum Gasteiger partial charge on any atom is 0.240 e. The number of fused-ring (bicyclic) bond motifs is 10. The number of carbonyl (C=O) groups is 18. The van der Waals surface area contributed by atoms with Gasteiger partial charge in [0.05, 0.1) is 60.3 Å². The zero-order valence-corrected chi connectivity index (χ0v) is 77.8. The van der Waals surface area contributed by atoms with Crippen LogP contribution in [0.25, 0.3) is 0 Å². The van der Waals surface area contributed by atoms with Gasteiger partial charge in [-0.3, -0.25) is 86.3 Å². The maximum atomic E-state index is 14.6. The number of nitrogens with zero attached hydrogens (tertiary/aromatic N) is 5. The van der Waals surface area contributed by atoms with Gasteiger partial charge >= 0.3 is 0 Å². The molecule has 4 bridgehead atoms. The molecule has 6 aliphatic heterocycles. The Kier molecular flexibility index (Phi) is 29.2. The number of Topliss-reactive ketones (excluding diaryl/α,β-unsaturated/α-hetero) is 4. The second-order valence-electron chi connectivity index (χ2n) is 39.2. The number of benzene rings is 4. The van der Waals surface area contributed by atoms with E-state index in [1.807, 2.05) is 139 Å². The molecular formula is C105H125N5O20. The first kappa shape index (κ1) is 96.6. The molecule has 690 valence electrons. The first-order chi connectivity index (χ1) is 61.6. The minimum atomic E-state index is -0.954. The average molecular weight is 1780 g/mol. The van der Waals surface area contributed by atoms with E-state index in [9.17, 15) is 86.3 Å². The topological polar surface area (TPSA) is 345 Å². The number of ether oxygens (including phenoxy) is 2. The van der Waals surface area contributed by atoms with Crippen LogP contribution in [0, 0.1) is 177 Å². The normalized spacial score (nSPS) is 32.6.